The quantitative estimate of drug-likeness (QED) is 0.726. The molecule has 3 unspecified atom stereocenters. The molecule has 0 aromatic carbocycles. The van der Waals surface area contributed by atoms with Gasteiger partial charge in [0.05, 0.1) is 6.10 Å². The Kier molecular flexibility index (Phi) is 5.11. The van der Waals surface area contributed by atoms with Gasteiger partial charge in [0.1, 0.15) is 0 Å². The van der Waals surface area contributed by atoms with Gasteiger partial charge in [0.25, 0.3) is 0 Å². The van der Waals surface area contributed by atoms with Crippen molar-refractivity contribution in [1.29, 1.82) is 0 Å². The lowest BCUT2D eigenvalue weighted by atomic mass is 9.88. The summed E-state index contributed by atoms with van der Waals surface area (Å²) < 4.78 is 6.03. The molecular weight excluding hydrogens is 198 g/mol. The van der Waals surface area contributed by atoms with Crippen molar-refractivity contribution in [3.8, 4) is 0 Å². The summed E-state index contributed by atoms with van der Waals surface area (Å²) in [4.78, 5) is 0. The molecule has 1 saturated carbocycles. The molecule has 0 aromatic rings. The van der Waals surface area contributed by atoms with E-state index in [0.29, 0.717) is 6.10 Å². The normalized spacial score (nSPS) is 35.4. The maximum absolute atomic E-state index is 6.03. The molecule has 2 heteroatoms. The van der Waals surface area contributed by atoms with Gasteiger partial charge in [-0.05, 0) is 51.0 Å². The van der Waals surface area contributed by atoms with E-state index in [4.69, 9.17) is 4.74 Å². The first-order chi connectivity index (χ1) is 7.86. The minimum absolute atomic E-state index is 0.560. The summed E-state index contributed by atoms with van der Waals surface area (Å²) in [7, 11) is 0. The monoisotopic (exact) mass is 225 g/mol. The first kappa shape index (κ1) is 12.4. The van der Waals surface area contributed by atoms with Crippen molar-refractivity contribution in [3.63, 3.8) is 0 Å². The van der Waals surface area contributed by atoms with Crippen molar-refractivity contribution < 1.29 is 4.74 Å². The fourth-order valence-corrected chi connectivity index (χ4v) is 3.10. The van der Waals surface area contributed by atoms with Crippen LogP contribution in [0, 0.1) is 5.92 Å². The predicted molar refractivity (Wildman–Crippen MR) is 67.6 cm³/mol. The van der Waals surface area contributed by atoms with E-state index in [0.717, 1.165) is 18.6 Å². The Bertz CT molecular complexity index is 189. The highest BCUT2D eigenvalue weighted by molar-refractivity contribution is 4.75. The molecule has 0 spiro atoms. The second-order valence-corrected chi connectivity index (χ2v) is 5.61. The van der Waals surface area contributed by atoms with E-state index in [9.17, 15) is 0 Å². The molecule has 1 aliphatic carbocycles. The summed E-state index contributed by atoms with van der Waals surface area (Å²) in [6, 6.07) is 0.785. The molecule has 0 bridgehead atoms. The first-order valence-corrected chi connectivity index (χ1v) is 7.21. The van der Waals surface area contributed by atoms with Gasteiger partial charge in [0, 0.05) is 12.6 Å². The van der Waals surface area contributed by atoms with Crippen LogP contribution in [-0.2, 0) is 4.74 Å². The van der Waals surface area contributed by atoms with Crippen molar-refractivity contribution in [2.75, 3.05) is 13.2 Å². The van der Waals surface area contributed by atoms with E-state index in [1.54, 1.807) is 0 Å². The van der Waals surface area contributed by atoms with Crippen molar-refractivity contribution in [2.24, 2.45) is 5.92 Å². The largest absolute Gasteiger partial charge is 0.378 e. The van der Waals surface area contributed by atoms with Gasteiger partial charge in [0.2, 0.25) is 0 Å². The van der Waals surface area contributed by atoms with Gasteiger partial charge < -0.3 is 10.1 Å². The highest BCUT2D eigenvalue weighted by Crippen LogP contribution is 2.26. The van der Waals surface area contributed by atoms with Crippen LogP contribution in [0.2, 0.25) is 0 Å². The number of ether oxygens (including phenoxy) is 1. The zero-order chi connectivity index (χ0) is 11.2. The van der Waals surface area contributed by atoms with Crippen LogP contribution in [0.25, 0.3) is 0 Å². The Balaban J connectivity index is 1.53. The van der Waals surface area contributed by atoms with Gasteiger partial charge in [0.15, 0.2) is 0 Å². The van der Waals surface area contributed by atoms with E-state index in [1.807, 2.05) is 0 Å². The summed E-state index contributed by atoms with van der Waals surface area (Å²) in [5, 5.41) is 3.55. The molecule has 94 valence electrons. The minimum atomic E-state index is 0.560. The maximum Gasteiger partial charge on any atom is 0.0600 e. The van der Waals surface area contributed by atoms with E-state index in [1.165, 1.54) is 57.9 Å². The third-order valence-corrected chi connectivity index (χ3v) is 4.22. The van der Waals surface area contributed by atoms with E-state index in [2.05, 4.69) is 12.2 Å². The van der Waals surface area contributed by atoms with Gasteiger partial charge in [-0.3, -0.25) is 0 Å². The molecule has 1 aliphatic heterocycles. The molecule has 2 nitrogen and oxygen atoms in total. The van der Waals surface area contributed by atoms with Crippen LogP contribution in [-0.4, -0.2) is 25.3 Å². The zero-order valence-electron chi connectivity index (χ0n) is 10.7. The average Bonchev–Trinajstić information content (AvgIpc) is 2.79. The van der Waals surface area contributed by atoms with Crippen LogP contribution < -0.4 is 5.32 Å². The maximum atomic E-state index is 6.03. The molecular formula is C14H27NO. The number of hydrogen-bond acceptors (Lipinski definition) is 2. The Morgan fingerprint density at radius 1 is 1.12 bits per heavy atom. The third-order valence-electron chi connectivity index (χ3n) is 4.22. The van der Waals surface area contributed by atoms with Crippen LogP contribution in [0.15, 0.2) is 0 Å². The summed E-state index contributed by atoms with van der Waals surface area (Å²) >= 11 is 0. The minimum Gasteiger partial charge on any atom is -0.378 e. The summed E-state index contributed by atoms with van der Waals surface area (Å²) in [5.41, 5.74) is 0. The van der Waals surface area contributed by atoms with Crippen molar-refractivity contribution in [2.45, 2.75) is 70.4 Å². The topological polar surface area (TPSA) is 21.3 Å². The van der Waals surface area contributed by atoms with Crippen molar-refractivity contribution >= 4 is 0 Å². The fraction of sp³-hybridized carbons (Fsp3) is 1.00. The van der Waals surface area contributed by atoms with Crippen LogP contribution in [0.5, 0.6) is 0 Å². The molecule has 0 aromatic heterocycles. The van der Waals surface area contributed by atoms with Crippen LogP contribution in [0.3, 0.4) is 0 Å². The summed E-state index contributed by atoms with van der Waals surface area (Å²) in [6.07, 6.45) is 11.3. The molecule has 1 heterocycles. The zero-order valence-corrected chi connectivity index (χ0v) is 10.7. The SMILES string of the molecule is CC1CCCCC1OCCCC1CCCN1. The molecule has 0 amide bonds. The standard InChI is InChI=1S/C14H27NO/c1-12-6-2-3-9-14(12)16-11-5-8-13-7-4-10-15-13/h12-15H,2-11H2,1H3. The Morgan fingerprint density at radius 2 is 2.00 bits per heavy atom. The van der Waals surface area contributed by atoms with E-state index in [-0.39, 0.29) is 0 Å². The fourth-order valence-electron chi connectivity index (χ4n) is 3.10. The Morgan fingerprint density at radius 3 is 2.75 bits per heavy atom. The van der Waals surface area contributed by atoms with Gasteiger partial charge in [-0.2, -0.15) is 0 Å². The lowest BCUT2D eigenvalue weighted by Crippen LogP contribution is -2.27. The molecule has 2 rings (SSSR count). The second kappa shape index (κ2) is 6.61. The molecule has 1 N–H and O–H groups in total. The second-order valence-electron chi connectivity index (χ2n) is 5.61. The smallest absolute Gasteiger partial charge is 0.0600 e. The van der Waals surface area contributed by atoms with Crippen molar-refractivity contribution in [1.82, 2.24) is 5.32 Å². The number of nitrogens with one attached hydrogen (secondary N) is 1. The lowest BCUT2D eigenvalue weighted by Gasteiger charge is -2.28. The highest BCUT2D eigenvalue weighted by atomic mass is 16.5. The van der Waals surface area contributed by atoms with Crippen LogP contribution in [0.1, 0.15) is 58.3 Å². The predicted octanol–water partition coefficient (Wildman–Crippen LogP) is 3.11. The number of rotatable bonds is 5. The lowest BCUT2D eigenvalue weighted by molar-refractivity contribution is -0.00697. The Labute approximate surface area is 100 Å². The third kappa shape index (κ3) is 3.74. The highest BCUT2D eigenvalue weighted by Gasteiger charge is 2.21. The molecule has 2 fully saturated rings. The summed E-state index contributed by atoms with van der Waals surface area (Å²) in [6.45, 7) is 4.56. The molecule has 3 atom stereocenters. The van der Waals surface area contributed by atoms with E-state index < -0.39 is 0 Å². The van der Waals surface area contributed by atoms with Crippen molar-refractivity contribution in [3.05, 3.63) is 0 Å². The van der Waals surface area contributed by atoms with Gasteiger partial charge in [-0.15, -0.1) is 0 Å². The molecule has 2 aliphatic rings. The average molecular weight is 225 g/mol. The van der Waals surface area contributed by atoms with E-state index >= 15 is 0 Å². The molecule has 1 saturated heterocycles. The first-order valence-electron chi connectivity index (χ1n) is 7.21. The summed E-state index contributed by atoms with van der Waals surface area (Å²) in [5.74, 6) is 0.790. The number of hydrogen-bond donors (Lipinski definition) is 1. The molecule has 16 heavy (non-hydrogen) atoms. The van der Waals surface area contributed by atoms with Gasteiger partial charge >= 0.3 is 0 Å². The van der Waals surface area contributed by atoms with Gasteiger partial charge in [-0.1, -0.05) is 19.8 Å². The van der Waals surface area contributed by atoms with Crippen LogP contribution in [0.4, 0.5) is 0 Å². The van der Waals surface area contributed by atoms with Gasteiger partial charge in [-0.25, -0.2) is 0 Å². The van der Waals surface area contributed by atoms with Crippen LogP contribution >= 0.6 is 0 Å². The molecule has 0 radical (unpaired) electrons. The Hall–Kier alpha value is -0.0800.